The molecule has 0 unspecified atom stereocenters. The number of aliphatic hydroxyl groups is 10. The zero-order valence-electron chi connectivity index (χ0n) is 31.4. The van der Waals surface area contributed by atoms with Gasteiger partial charge in [0.05, 0.1) is 19.3 Å². The Morgan fingerprint density at radius 1 is 0.724 bits per heavy atom. The van der Waals surface area contributed by atoms with Crippen LogP contribution in [0.3, 0.4) is 0 Å². The van der Waals surface area contributed by atoms with E-state index in [4.69, 9.17) is 32.8 Å². The molecule has 6 rings (SSSR count). The van der Waals surface area contributed by atoms with Gasteiger partial charge in [0.1, 0.15) is 89.3 Å². The van der Waals surface area contributed by atoms with E-state index in [1.165, 1.54) is 31.2 Å². The quantitative estimate of drug-likeness (QED) is 0.0896. The van der Waals surface area contributed by atoms with E-state index in [9.17, 15) is 66.1 Å². The summed E-state index contributed by atoms with van der Waals surface area (Å²) in [5.41, 5.74) is -0.255. The molecular weight excluding hydrogens is 776 g/mol. The van der Waals surface area contributed by atoms with Crippen LogP contribution in [0.4, 0.5) is 0 Å². The van der Waals surface area contributed by atoms with Crippen molar-refractivity contribution in [1.82, 2.24) is 0 Å². The van der Waals surface area contributed by atoms with Gasteiger partial charge in [-0.05, 0) is 51.5 Å². The number of hydrogen-bond donors (Lipinski definition) is 12. The molecule has 3 aliphatic heterocycles. The highest BCUT2D eigenvalue weighted by Gasteiger charge is 2.51. The van der Waals surface area contributed by atoms with Crippen molar-refractivity contribution in [2.75, 3.05) is 13.2 Å². The molecule has 20 nitrogen and oxygen atoms in total. The third kappa shape index (κ3) is 8.40. The number of phenolic OH excluding ortho intramolecular Hbond substituents is 2. The second kappa shape index (κ2) is 17.7. The Labute approximate surface area is 329 Å². The molecule has 20 heteroatoms. The summed E-state index contributed by atoms with van der Waals surface area (Å²) in [6.45, 7) is 3.38. The fourth-order valence-corrected chi connectivity index (χ4v) is 6.86. The van der Waals surface area contributed by atoms with Gasteiger partial charge in [0, 0.05) is 17.2 Å². The Bertz CT molecular complexity index is 1980. The summed E-state index contributed by atoms with van der Waals surface area (Å²) in [7, 11) is 0. The molecule has 3 saturated heterocycles. The maximum absolute atomic E-state index is 14.7. The number of aromatic hydroxyl groups is 2. The first-order valence-electron chi connectivity index (χ1n) is 18.4. The molecule has 4 heterocycles. The van der Waals surface area contributed by atoms with Crippen molar-refractivity contribution in [2.24, 2.45) is 0 Å². The van der Waals surface area contributed by atoms with Gasteiger partial charge in [-0.3, -0.25) is 4.79 Å². The van der Waals surface area contributed by atoms with E-state index in [-0.39, 0.29) is 40.4 Å². The molecule has 0 radical (unpaired) electrons. The second-order valence-electron chi connectivity index (χ2n) is 14.6. The number of fused-ring (bicyclic) bond motifs is 1. The molecule has 58 heavy (non-hydrogen) atoms. The molecule has 3 fully saturated rings. The number of allylic oxidation sites excluding steroid dienone is 2. The second-order valence-corrected chi connectivity index (χ2v) is 14.6. The lowest BCUT2D eigenvalue weighted by Crippen LogP contribution is -2.64. The van der Waals surface area contributed by atoms with Crippen molar-refractivity contribution in [3.8, 4) is 34.3 Å². The number of benzene rings is 2. The summed E-state index contributed by atoms with van der Waals surface area (Å²) >= 11 is 0. The summed E-state index contributed by atoms with van der Waals surface area (Å²) in [5.74, 6) is -2.08. The molecule has 0 saturated carbocycles. The van der Waals surface area contributed by atoms with E-state index in [2.05, 4.69) is 0 Å². The van der Waals surface area contributed by atoms with Crippen LogP contribution in [0.5, 0.6) is 23.0 Å². The van der Waals surface area contributed by atoms with Crippen molar-refractivity contribution in [3.63, 3.8) is 0 Å². The van der Waals surface area contributed by atoms with Crippen LogP contribution in [0.2, 0.25) is 0 Å². The Kier molecular flexibility index (Phi) is 13.3. The van der Waals surface area contributed by atoms with E-state index < -0.39 is 128 Å². The van der Waals surface area contributed by atoms with Crippen LogP contribution in [-0.4, -0.2) is 167 Å². The zero-order valence-corrected chi connectivity index (χ0v) is 31.4. The molecule has 3 aromatic rings. The Hall–Kier alpha value is -3.97. The molecule has 0 bridgehead atoms. The Morgan fingerprint density at radius 3 is 1.90 bits per heavy atom. The maximum Gasteiger partial charge on any atom is 0.239 e. The molecule has 2 aromatic carbocycles. The molecular formula is C38H48O20. The van der Waals surface area contributed by atoms with E-state index in [1.807, 2.05) is 0 Å². The first kappa shape index (κ1) is 43.6. The molecule has 0 aliphatic carbocycles. The predicted octanol–water partition coefficient (Wildman–Crippen LogP) is -2.41. The van der Waals surface area contributed by atoms with E-state index >= 15 is 0 Å². The van der Waals surface area contributed by atoms with E-state index in [1.54, 1.807) is 19.9 Å². The van der Waals surface area contributed by atoms with E-state index in [0.29, 0.717) is 0 Å². The Balaban J connectivity index is 1.49. The van der Waals surface area contributed by atoms with Gasteiger partial charge in [-0.25, -0.2) is 0 Å². The normalized spacial score (nSPS) is 35.4. The lowest BCUT2D eigenvalue weighted by molar-refractivity contribution is -0.355. The monoisotopic (exact) mass is 824 g/mol. The summed E-state index contributed by atoms with van der Waals surface area (Å²) in [6, 6.07) is 6.28. The van der Waals surface area contributed by atoms with Crippen LogP contribution in [0.25, 0.3) is 22.3 Å². The molecule has 0 spiro atoms. The van der Waals surface area contributed by atoms with Crippen LogP contribution >= 0.6 is 0 Å². The average Bonchev–Trinajstić information content (AvgIpc) is 3.19. The number of aliphatic hydroxyl groups excluding tert-OH is 10. The lowest BCUT2D eigenvalue weighted by atomic mass is 9.97. The minimum absolute atomic E-state index is 0.0215. The third-order valence-electron chi connectivity index (χ3n) is 10.3. The molecule has 3 aliphatic rings. The average molecular weight is 825 g/mol. The highest BCUT2D eigenvalue weighted by Crippen LogP contribution is 2.42. The first-order valence-corrected chi connectivity index (χ1v) is 18.4. The van der Waals surface area contributed by atoms with Gasteiger partial charge in [0.2, 0.25) is 23.8 Å². The van der Waals surface area contributed by atoms with Crippen LogP contribution in [0.1, 0.15) is 26.3 Å². The number of hydrogen-bond acceptors (Lipinski definition) is 20. The van der Waals surface area contributed by atoms with Crippen LogP contribution in [-0.2, 0) is 25.4 Å². The number of phenols is 2. The van der Waals surface area contributed by atoms with Gasteiger partial charge in [-0.2, -0.15) is 0 Å². The highest BCUT2D eigenvalue weighted by atomic mass is 16.8. The smallest absolute Gasteiger partial charge is 0.239 e. The standard InChI is InChI=1S/C38H48O20/c1-13(2)4-9-17-19(53-36-30(50)27(47)24(44)20(11-39)54-36)10-18(42)22-26(46)34(32(56-33(17)22)15-5-7-16(41)8-6-15)57-38-35(29(49)23(43)14(3)52-38)58-37-31(51)28(48)25(45)21(12-40)55-37/h4-8,10,14,20-21,23-25,27-31,35-45,47-51H,9,11-12H2,1-3H3/t14-,20+,21-,23+,24+,25+,27+,28-,29+,30-,31+,35+,36-,37+,38+/m1/s1. The zero-order chi connectivity index (χ0) is 42.3. The van der Waals surface area contributed by atoms with Crippen molar-refractivity contribution >= 4 is 11.0 Å². The molecule has 12 N–H and O–H groups in total. The topological polar surface area (TPSA) is 328 Å². The highest BCUT2D eigenvalue weighted by molar-refractivity contribution is 5.91. The van der Waals surface area contributed by atoms with Gasteiger partial charge in [0.25, 0.3) is 0 Å². The molecule has 320 valence electrons. The largest absolute Gasteiger partial charge is 0.508 e. The third-order valence-corrected chi connectivity index (χ3v) is 10.3. The predicted molar refractivity (Wildman–Crippen MR) is 194 cm³/mol. The fourth-order valence-electron chi connectivity index (χ4n) is 6.86. The number of ether oxygens (including phenoxy) is 6. The lowest BCUT2D eigenvalue weighted by Gasteiger charge is -2.45. The minimum atomic E-state index is -1.95. The summed E-state index contributed by atoms with van der Waals surface area (Å²) < 4.78 is 41.1. The van der Waals surface area contributed by atoms with Gasteiger partial charge in [0.15, 0.2) is 18.2 Å². The molecule has 1 aromatic heterocycles. The van der Waals surface area contributed by atoms with Crippen molar-refractivity contribution in [3.05, 3.63) is 57.8 Å². The van der Waals surface area contributed by atoms with Gasteiger partial charge in [-0.15, -0.1) is 0 Å². The molecule has 15 atom stereocenters. The van der Waals surface area contributed by atoms with Crippen LogP contribution in [0.15, 0.2) is 51.2 Å². The van der Waals surface area contributed by atoms with Crippen molar-refractivity contribution < 1.29 is 94.1 Å². The van der Waals surface area contributed by atoms with E-state index in [0.717, 1.165) is 11.6 Å². The minimum Gasteiger partial charge on any atom is -0.508 e. The van der Waals surface area contributed by atoms with Gasteiger partial charge < -0.3 is 94.1 Å². The van der Waals surface area contributed by atoms with Gasteiger partial charge in [-0.1, -0.05) is 11.6 Å². The van der Waals surface area contributed by atoms with Crippen molar-refractivity contribution in [2.45, 2.75) is 119 Å². The van der Waals surface area contributed by atoms with Crippen LogP contribution < -0.4 is 14.9 Å². The SMILES string of the molecule is CC(C)=CCc1c(O[C@@H]2O[C@@H](CO)[C@H](O)[C@H](O)[C@H]2O)cc(O)c2c(=O)c(O[C@@H]3O[C@H](C)[C@H](O)[C@H](O)[C@@H]3O[C@@H]3O[C@H](CO)[C@H](O)[C@@H](O)[C@@H]3O)c(-c3ccc(O)cc3)oc12. The maximum atomic E-state index is 14.7. The Morgan fingerprint density at radius 2 is 1.31 bits per heavy atom. The van der Waals surface area contributed by atoms with Crippen LogP contribution in [0, 0.1) is 0 Å². The number of rotatable bonds is 11. The summed E-state index contributed by atoms with van der Waals surface area (Å²) in [5, 5.41) is 125. The summed E-state index contributed by atoms with van der Waals surface area (Å²) in [6.07, 6.45) is -23.8. The van der Waals surface area contributed by atoms with Crippen molar-refractivity contribution in [1.29, 1.82) is 0 Å². The molecule has 0 amide bonds. The van der Waals surface area contributed by atoms with Gasteiger partial charge >= 0.3 is 0 Å². The fraction of sp³-hybridized carbons (Fsp3) is 0.553. The first-order chi connectivity index (χ1) is 27.5. The summed E-state index contributed by atoms with van der Waals surface area (Å²) in [4.78, 5) is 14.7.